The van der Waals surface area contributed by atoms with Gasteiger partial charge in [0.15, 0.2) is 0 Å². The van der Waals surface area contributed by atoms with Crippen LogP contribution >= 0.6 is 24.0 Å². The van der Waals surface area contributed by atoms with Gasteiger partial charge in [-0.1, -0.05) is 69.9 Å². The summed E-state index contributed by atoms with van der Waals surface area (Å²) in [6.45, 7) is 11.8. The Hall–Kier alpha value is -2.90. The van der Waals surface area contributed by atoms with E-state index in [4.69, 9.17) is 22.1 Å². The zero-order chi connectivity index (χ0) is 25.1. The average Bonchev–Trinajstić information content (AvgIpc) is 3.35. The van der Waals surface area contributed by atoms with Crippen molar-refractivity contribution in [1.82, 2.24) is 14.7 Å². The molecule has 5 nitrogen and oxygen atoms in total. The molecule has 1 aromatic heterocycles. The second-order valence-electron chi connectivity index (χ2n) is 9.58. The van der Waals surface area contributed by atoms with Crippen molar-refractivity contribution >= 4 is 40.3 Å². The molecule has 2 aromatic carbocycles. The molecule has 1 aliphatic heterocycles. The number of para-hydroxylation sites is 1. The number of carbonyl (C=O) groups is 1. The summed E-state index contributed by atoms with van der Waals surface area (Å²) in [5.74, 6) is 1.63. The van der Waals surface area contributed by atoms with Crippen molar-refractivity contribution in [3.63, 3.8) is 0 Å². The molecule has 1 amide bonds. The summed E-state index contributed by atoms with van der Waals surface area (Å²) < 4.78 is 8.43. The van der Waals surface area contributed by atoms with Gasteiger partial charge in [-0.05, 0) is 60.7 Å². The molecule has 7 heteroatoms. The molecule has 0 aliphatic carbocycles. The lowest BCUT2D eigenvalue weighted by molar-refractivity contribution is -0.122. The van der Waals surface area contributed by atoms with Crippen LogP contribution in [0.3, 0.4) is 0 Å². The molecule has 35 heavy (non-hydrogen) atoms. The van der Waals surface area contributed by atoms with Gasteiger partial charge in [-0.25, -0.2) is 4.68 Å². The molecule has 1 fully saturated rings. The first-order valence-corrected chi connectivity index (χ1v) is 13.1. The van der Waals surface area contributed by atoms with E-state index in [0.29, 0.717) is 34.2 Å². The number of nitrogens with zero attached hydrogens (tertiary/aromatic N) is 3. The van der Waals surface area contributed by atoms with Crippen molar-refractivity contribution in [2.24, 2.45) is 11.8 Å². The maximum Gasteiger partial charge on any atom is 0.266 e. The number of aryl methyl sites for hydroxylation is 1. The van der Waals surface area contributed by atoms with Gasteiger partial charge < -0.3 is 4.74 Å². The van der Waals surface area contributed by atoms with Crippen LogP contribution in [0, 0.1) is 18.8 Å². The maximum atomic E-state index is 13.1. The van der Waals surface area contributed by atoms with Crippen LogP contribution in [0.5, 0.6) is 5.75 Å². The Morgan fingerprint density at radius 3 is 2.49 bits per heavy atom. The van der Waals surface area contributed by atoms with Crippen molar-refractivity contribution in [3.05, 3.63) is 70.8 Å². The third-order valence-electron chi connectivity index (χ3n) is 5.49. The third kappa shape index (κ3) is 5.85. The van der Waals surface area contributed by atoms with Gasteiger partial charge in [0, 0.05) is 23.9 Å². The SMILES string of the molecule is Cc1cc(-c2nn(-c3ccccc3)cc2/C=C2\SC(=S)N(CC(C)C)C2=O)ccc1OCC(C)C. The topological polar surface area (TPSA) is 47.4 Å². The highest BCUT2D eigenvalue weighted by molar-refractivity contribution is 8.26. The first-order chi connectivity index (χ1) is 16.7. The van der Waals surface area contributed by atoms with Crippen LogP contribution in [-0.4, -0.2) is 38.1 Å². The number of thioether (sulfide) groups is 1. The van der Waals surface area contributed by atoms with Gasteiger partial charge in [-0.2, -0.15) is 5.10 Å². The summed E-state index contributed by atoms with van der Waals surface area (Å²) in [5.41, 5.74) is 4.65. The second-order valence-corrected chi connectivity index (χ2v) is 11.3. The Morgan fingerprint density at radius 2 is 1.83 bits per heavy atom. The number of amides is 1. The van der Waals surface area contributed by atoms with Gasteiger partial charge in [-0.15, -0.1) is 0 Å². The Kier molecular flexibility index (Phi) is 7.77. The molecule has 1 aliphatic rings. The number of thiocarbonyl (C=S) groups is 1. The molecule has 0 spiro atoms. The predicted octanol–water partition coefficient (Wildman–Crippen LogP) is 6.74. The summed E-state index contributed by atoms with van der Waals surface area (Å²) >= 11 is 6.86. The zero-order valence-corrected chi connectivity index (χ0v) is 22.5. The van der Waals surface area contributed by atoms with Gasteiger partial charge in [0.1, 0.15) is 15.8 Å². The Bertz CT molecular complexity index is 1260. The first-order valence-electron chi connectivity index (χ1n) is 11.9. The molecule has 0 radical (unpaired) electrons. The van der Waals surface area contributed by atoms with E-state index in [9.17, 15) is 4.79 Å². The number of hydrogen-bond acceptors (Lipinski definition) is 5. The molecule has 0 unspecified atom stereocenters. The fraction of sp³-hybridized carbons (Fsp3) is 0.321. The largest absolute Gasteiger partial charge is 0.493 e. The van der Waals surface area contributed by atoms with E-state index in [1.54, 1.807) is 4.90 Å². The average molecular weight is 506 g/mol. The van der Waals surface area contributed by atoms with Crippen LogP contribution in [0.2, 0.25) is 0 Å². The second kappa shape index (κ2) is 10.8. The first kappa shape index (κ1) is 25.2. The van der Waals surface area contributed by atoms with Gasteiger partial charge in [0.05, 0.1) is 17.2 Å². The van der Waals surface area contributed by atoms with E-state index in [2.05, 4.69) is 33.8 Å². The lowest BCUT2D eigenvalue weighted by Gasteiger charge is -2.16. The summed E-state index contributed by atoms with van der Waals surface area (Å²) in [4.78, 5) is 15.4. The molecule has 1 saturated heterocycles. The monoisotopic (exact) mass is 505 g/mol. The Balaban J connectivity index is 1.74. The lowest BCUT2D eigenvalue weighted by atomic mass is 10.0. The third-order valence-corrected chi connectivity index (χ3v) is 6.87. The highest BCUT2D eigenvalue weighted by Crippen LogP contribution is 2.36. The van der Waals surface area contributed by atoms with Gasteiger partial charge in [0.2, 0.25) is 0 Å². The summed E-state index contributed by atoms with van der Waals surface area (Å²) in [5, 5.41) is 4.91. The highest BCUT2D eigenvalue weighted by Gasteiger charge is 2.32. The molecule has 0 N–H and O–H groups in total. The fourth-order valence-electron chi connectivity index (χ4n) is 3.81. The number of carbonyl (C=O) groups excluding carboxylic acids is 1. The number of rotatable bonds is 8. The van der Waals surface area contributed by atoms with E-state index in [-0.39, 0.29) is 5.91 Å². The predicted molar refractivity (Wildman–Crippen MR) is 149 cm³/mol. The molecule has 0 bridgehead atoms. The van der Waals surface area contributed by atoms with Crippen LogP contribution in [0.4, 0.5) is 0 Å². The molecule has 3 aromatic rings. The zero-order valence-electron chi connectivity index (χ0n) is 20.8. The van der Waals surface area contributed by atoms with E-state index >= 15 is 0 Å². The minimum absolute atomic E-state index is 0.0410. The fourth-order valence-corrected chi connectivity index (χ4v) is 5.08. The Morgan fingerprint density at radius 1 is 1.09 bits per heavy atom. The summed E-state index contributed by atoms with van der Waals surface area (Å²) in [6.07, 6.45) is 3.89. The number of hydrogen-bond donors (Lipinski definition) is 0. The number of aromatic nitrogens is 2. The van der Waals surface area contributed by atoms with Gasteiger partial charge >= 0.3 is 0 Å². The van der Waals surface area contributed by atoms with Gasteiger partial charge in [0.25, 0.3) is 5.91 Å². The normalized spacial score (nSPS) is 15.2. The number of benzene rings is 2. The van der Waals surface area contributed by atoms with Gasteiger partial charge in [-0.3, -0.25) is 9.69 Å². The highest BCUT2D eigenvalue weighted by atomic mass is 32.2. The summed E-state index contributed by atoms with van der Waals surface area (Å²) in [6, 6.07) is 16.1. The minimum atomic E-state index is -0.0410. The molecular formula is C28H31N3O2S2. The van der Waals surface area contributed by atoms with Crippen molar-refractivity contribution in [2.75, 3.05) is 13.2 Å². The van der Waals surface area contributed by atoms with Crippen LogP contribution < -0.4 is 4.74 Å². The quantitative estimate of drug-likeness (QED) is 0.251. The van der Waals surface area contributed by atoms with E-state index in [0.717, 1.165) is 33.8 Å². The van der Waals surface area contributed by atoms with Crippen LogP contribution in [-0.2, 0) is 4.79 Å². The summed E-state index contributed by atoms with van der Waals surface area (Å²) in [7, 11) is 0. The smallest absolute Gasteiger partial charge is 0.266 e. The van der Waals surface area contributed by atoms with E-state index in [1.165, 1.54) is 11.8 Å². The number of ether oxygens (including phenoxy) is 1. The lowest BCUT2D eigenvalue weighted by Crippen LogP contribution is -2.31. The molecular weight excluding hydrogens is 474 g/mol. The van der Waals surface area contributed by atoms with Crippen molar-refractivity contribution < 1.29 is 9.53 Å². The van der Waals surface area contributed by atoms with Crippen LogP contribution in [0.15, 0.2) is 59.6 Å². The van der Waals surface area contributed by atoms with Crippen LogP contribution in [0.25, 0.3) is 23.0 Å². The maximum absolute atomic E-state index is 13.1. The van der Waals surface area contributed by atoms with E-state index < -0.39 is 0 Å². The standard InChI is InChI=1S/C28H31N3O2S2/c1-18(2)15-30-27(32)25(35-28(30)34)14-22-16-31(23-9-7-6-8-10-23)29-26(22)21-11-12-24(20(5)13-21)33-17-19(3)4/h6-14,16,18-19H,15,17H2,1-5H3/b25-14-. The van der Waals surface area contributed by atoms with Crippen molar-refractivity contribution in [3.8, 4) is 22.7 Å². The molecule has 4 rings (SSSR count). The molecule has 0 saturated carbocycles. The van der Waals surface area contributed by atoms with Crippen LogP contribution in [0.1, 0.15) is 38.8 Å². The van der Waals surface area contributed by atoms with Crippen molar-refractivity contribution in [2.45, 2.75) is 34.6 Å². The van der Waals surface area contributed by atoms with Crippen molar-refractivity contribution in [1.29, 1.82) is 0 Å². The molecule has 0 atom stereocenters. The molecule has 182 valence electrons. The minimum Gasteiger partial charge on any atom is -0.493 e. The van der Waals surface area contributed by atoms with E-state index in [1.807, 2.05) is 66.3 Å². The Labute approximate surface area is 217 Å². The molecule has 2 heterocycles.